The Morgan fingerprint density at radius 1 is 1.06 bits per heavy atom. The number of amides is 2. The Kier molecular flexibility index (Phi) is 5.87. The summed E-state index contributed by atoms with van der Waals surface area (Å²) in [5.41, 5.74) is 1.92. The number of likely N-dealkylation sites (tertiary alicyclic amines) is 1. The van der Waals surface area contributed by atoms with Crippen molar-refractivity contribution < 1.29 is 9.59 Å². The number of hydrogen-bond acceptors (Lipinski definition) is 2. The van der Waals surface area contributed by atoms with Crippen molar-refractivity contribution in [3.05, 3.63) is 70.7 Å². The first-order valence-electron chi connectivity index (χ1n) is 11.1. The lowest BCUT2D eigenvalue weighted by molar-refractivity contribution is -0.134. The molecule has 4 nitrogen and oxygen atoms in total. The van der Waals surface area contributed by atoms with Crippen molar-refractivity contribution in [3.8, 4) is 0 Å². The van der Waals surface area contributed by atoms with E-state index in [0.29, 0.717) is 17.0 Å². The summed E-state index contributed by atoms with van der Waals surface area (Å²) in [4.78, 5) is 28.7. The largest absolute Gasteiger partial charge is 0.340 e. The van der Waals surface area contributed by atoms with Crippen molar-refractivity contribution in [2.24, 2.45) is 10.8 Å². The predicted molar refractivity (Wildman–Crippen MR) is 124 cm³/mol. The second-order valence-electron chi connectivity index (χ2n) is 10.4. The average molecular weight is 439 g/mol. The fourth-order valence-corrected chi connectivity index (χ4v) is 5.94. The maximum absolute atomic E-state index is 13.8. The van der Waals surface area contributed by atoms with Gasteiger partial charge in [-0.05, 0) is 59.9 Å². The highest BCUT2D eigenvalue weighted by Gasteiger charge is 2.51. The molecule has 2 bridgehead atoms. The molecule has 3 atom stereocenters. The topological polar surface area (TPSA) is 49.4 Å². The minimum atomic E-state index is -0.600. The van der Waals surface area contributed by atoms with Gasteiger partial charge < -0.3 is 10.2 Å². The Morgan fingerprint density at radius 2 is 1.74 bits per heavy atom. The fourth-order valence-electron chi connectivity index (χ4n) is 5.81. The molecule has 164 valence electrons. The van der Waals surface area contributed by atoms with E-state index in [9.17, 15) is 9.59 Å². The van der Waals surface area contributed by atoms with Gasteiger partial charge in [-0.1, -0.05) is 62.7 Å². The Balaban J connectivity index is 1.57. The molecule has 1 aliphatic heterocycles. The zero-order valence-electron chi connectivity index (χ0n) is 18.5. The molecular formula is C26H31ClN2O2. The van der Waals surface area contributed by atoms with Gasteiger partial charge in [0, 0.05) is 29.6 Å². The SMILES string of the molecule is CC1(C)CC2CC(C)(CN2C(=O)C(Cc2ccccc2)NC(=O)c2ccc(Cl)cc2)C1. The van der Waals surface area contributed by atoms with E-state index in [1.807, 2.05) is 35.2 Å². The third kappa shape index (κ3) is 4.95. The first kappa shape index (κ1) is 21.9. The highest BCUT2D eigenvalue weighted by Crippen LogP contribution is 2.52. The molecular weight excluding hydrogens is 408 g/mol. The number of benzene rings is 2. The van der Waals surface area contributed by atoms with Crippen molar-refractivity contribution in [3.63, 3.8) is 0 Å². The van der Waals surface area contributed by atoms with E-state index < -0.39 is 6.04 Å². The molecule has 1 saturated carbocycles. The van der Waals surface area contributed by atoms with Crippen LogP contribution >= 0.6 is 11.6 Å². The molecule has 0 radical (unpaired) electrons. The van der Waals surface area contributed by atoms with Crippen LogP contribution in [0, 0.1) is 10.8 Å². The van der Waals surface area contributed by atoms with Crippen LogP contribution < -0.4 is 5.32 Å². The number of fused-ring (bicyclic) bond motifs is 2. The highest BCUT2D eigenvalue weighted by atomic mass is 35.5. The third-order valence-corrected chi connectivity index (χ3v) is 6.94. The molecule has 0 aromatic heterocycles. The Labute approximate surface area is 190 Å². The summed E-state index contributed by atoms with van der Waals surface area (Å²) in [6, 6.07) is 16.3. The minimum absolute atomic E-state index is 0.0255. The van der Waals surface area contributed by atoms with Crippen LogP contribution in [0.2, 0.25) is 5.02 Å². The van der Waals surface area contributed by atoms with Crippen LogP contribution in [-0.4, -0.2) is 35.3 Å². The van der Waals surface area contributed by atoms with Crippen molar-refractivity contribution in [2.75, 3.05) is 6.54 Å². The number of nitrogens with one attached hydrogen (secondary N) is 1. The third-order valence-electron chi connectivity index (χ3n) is 6.69. The Hall–Kier alpha value is -2.33. The maximum atomic E-state index is 13.8. The van der Waals surface area contributed by atoms with Gasteiger partial charge in [-0.3, -0.25) is 9.59 Å². The molecule has 1 heterocycles. The molecule has 2 amide bonds. The van der Waals surface area contributed by atoms with Gasteiger partial charge in [-0.2, -0.15) is 0 Å². The second kappa shape index (κ2) is 8.31. The van der Waals surface area contributed by atoms with E-state index >= 15 is 0 Å². The molecule has 31 heavy (non-hydrogen) atoms. The van der Waals surface area contributed by atoms with Crippen LogP contribution in [-0.2, 0) is 11.2 Å². The van der Waals surface area contributed by atoms with Gasteiger partial charge in [0.2, 0.25) is 5.91 Å². The second-order valence-corrected chi connectivity index (χ2v) is 10.8. The van der Waals surface area contributed by atoms with Gasteiger partial charge in [-0.25, -0.2) is 0 Å². The summed E-state index contributed by atoms with van der Waals surface area (Å²) in [5.74, 6) is -0.225. The summed E-state index contributed by atoms with van der Waals surface area (Å²) in [7, 11) is 0. The predicted octanol–water partition coefficient (Wildman–Crippen LogP) is 5.11. The van der Waals surface area contributed by atoms with E-state index in [0.717, 1.165) is 31.4 Å². The summed E-state index contributed by atoms with van der Waals surface area (Å²) < 4.78 is 0. The molecule has 1 saturated heterocycles. The van der Waals surface area contributed by atoms with Crippen molar-refractivity contribution in [1.29, 1.82) is 0 Å². The highest BCUT2D eigenvalue weighted by molar-refractivity contribution is 6.30. The molecule has 2 aromatic rings. The van der Waals surface area contributed by atoms with Crippen LogP contribution in [0.5, 0.6) is 0 Å². The maximum Gasteiger partial charge on any atom is 0.251 e. The average Bonchev–Trinajstić information content (AvgIpc) is 2.96. The summed E-state index contributed by atoms with van der Waals surface area (Å²) in [6.07, 6.45) is 3.66. The van der Waals surface area contributed by atoms with Gasteiger partial charge in [0.1, 0.15) is 6.04 Å². The zero-order valence-corrected chi connectivity index (χ0v) is 19.3. The van der Waals surface area contributed by atoms with Crippen LogP contribution in [0.1, 0.15) is 56.0 Å². The molecule has 0 spiro atoms. The monoisotopic (exact) mass is 438 g/mol. The molecule has 3 unspecified atom stereocenters. The first-order valence-corrected chi connectivity index (χ1v) is 11.4. The number of carbonyl (C=O) groups is 2. The number of nitrogens with zero attached hydrogens (tertiary/aromatic N) is 1. The Bertz CT molecular complexity index is 957. The normalized spacial score (nSPS) is 25.2. The van der Waals surface area contributed by atoms with E-state index in [1.54, 1.807) is 24.3 Å². The lowest BCUT2D eigenvalue weighted by Crippen LogP contribution is -2.51. The van der Waals surface area contributed by atoms with Crippen molar-refractivity contribution in [2.45, 2.75) is 58.5 Å². The van der Waals surface area contributed by atoms with E-state index in [1.165, 1.54) is 0 Å². The summed E-state index contributed by atoms with van der Waals surface area (Å²) in [6.45, 7) is 7.67. The van der Waals surface area contributed by atoms with E-state index in [-0.39, 0.29) is 28.7 Å². The molecule has 2 aliphatic rings. The standard InChI is InChI=1S/C26H31ClN2O2/c1-25(2)14-21-15-26(3,16-25)17-29(21)24(31)22(13-18-7-5-4-6-8-18)28-23(30)19-9-11-20(27)12-10-19/h4-12,21-22H,13-17H2,1-3H3,(H,28,30). The molecule has 2 fully saturated rings. The lowest BCUT2D eigenvalue weighted by Gasteiger charge is -2.39. The van der Waals surface area contributed by atoms with Crippen LogP contribution in [0.25, 0.3) is 0 Å². The van der Waals surface area contributed by atoms with Crippen LogP contribution in [0.15, 0.2) is 54.6 Å². The van der Waals surface area contributed by atoms with Crippen molar-refractivity contribution in [1.82, 2.24) is 10.2 Å². The van der Waals surface area contributed by atoms with E-state index in [2.05, 4.69) is 26.1 Å². The number of rotatable bonds is 5. The van der Waals surface area contributed by atoms with Gasteiger partial charge >= 0.3 is 0 Å². The zero-order chi connectivity index (χ0) is 22.2. The van der Waals surface area contributed by atoms with Crippen molar-refractivity contribution >= 4 is 23.4 Å². The number of halogens is 1. The first-order chi connectivity index (χ1) is 14.6. The van der Waals surface area contributed by atoms with Gasteiger partial charge in [0.05, 0.1) is 0 Å². The quantitative estimate of drug-likeness (QED) is 0.705. The summed E-state index contributed by atoms with van der Waals surface area (Å²) in [5, 5.41) is 3.60. The fraction of sp³-hybridized carbons (Fsp3) is 0.462. The smallest absolute Gasteiger partial charge is 0.251 e. The molecule has 1 N–H and O–H groups in total. The molecule has 1 aliphatic carbocycles. The molecule has 2 aromatic carbocycles. The Morgan fingerprint density at radius 3 is 2.42 bits per heavy atom. The number of carbonyl (C=O) groups excluding carboxylic acids is 2. The lowest BCUT2D eigenvalue weighted by atomic mass is 9.65. The van der Waals surface area contributed by atoms with Gasteiger partial charge in [0.15, 0.2) is 0 Å². The molecule has 5 heteroatoms. The molecule has 4 rings (SSSR count). The van der Waals surface area contributed by atoms with Gasteiger partial charge in [0.25, 0.3) is 5.91 Å². The van der Waals surface area contributed by atoms with Crippen LogP contribution in [0.3, 0.4) is 0 Å². The van der Waals surface area contributed by atoms with Gasteiger partial charge in [-0.15, -0.1) is 0 Å². The van der Waals surface area contributed by atoms with E-state index in [4.69, 9.17) is 11.6 Å². The summed E-state index contributed by atoms with van der Waals surface area (Å²) >= 11 is 5.96. The minimum Gasteiger partial charge on any atom is -0.340 e. The number of hydrogen-bond donors (Lipinski definition) is 1. The van der Waals surface area contributed by atoms with Crippen LogP contribution in [0.4, 0.5) is 0 Å².